The van der Waals surface area contributed by atoms with Crippen LogP contribution in [0.4, 0.5) is 5.69 Å². The molecule has 0 spiro atoms. The Balaban J connectivity index is 3.27. The minimum absolute atomic E-state index is 0.0576. The van der Waals surface area contributed by atoms with Crippen LogP contribution in [0, 0.1) is 10.1 Å². The van der Waals surface area contributed by atoms with Crippen LogP contribution in [0.25, 0.3) is 0 Å². The fraction of sp³-hybridized carbons (Fsp3) is 0.182. The van der Waals surface area contributed by atoms with E-state index in [1.165, 1.54) is 19.3 Å². The second-order valence-electron chi connectivity index (χ2n) is 3.04. The van der Waals surface area contributed by atoms with Gasteiger partial charge in [-0.25, -0.2) is 0 Å². The number of rotatable bonds is 6. The Bertz CT molecular complexity index is 455. The minimum Gasteiger partial charge on any atom is -0.493 e. The molecule has 0 atom stereocenters. The summed E-state index contributed by atoms with van der Waals surface area (Å²) >= 11 is 0. The summed E-state index contributed by atoms with van der Waals surface area (Å²) in [5, 5.41) is 10.7. The molecule has 1 aromatic carbocycles. The van der Waals surface area contributed by atoms with E-state index in [2.05, 4.69) is 6.58 Å². The number of carbonyl (C=O) groups is 1. The van der Waals surface area contributed by atoms with Gasteiger partial charge in [0.15, 0.2) is 17.8 Å². The zero-order chi connectivity index (χ0) is 12.8. The van der Waals surface area contributed by atoms with Crippen LogP contribution < -0.4 is 9.47 Å². The van der Waals surface area contributed by atoms with Crippen molar-refractivity contribution in [1.82, 2.24) is 0 Å². The van der Waals surface area contributed by atoms with E-state index in [4.69, 9.17) is 9.47 Å². The monoisotopic (exact) mass is 237 g/mol. The molecule has 1 rings (SSSR count). The summed E-state index contributed by atoms with van der Waals surface area (Å²) < 4.78 is 10.2. The molecule has 1 aromatic rings. The van der Waals surface area contributed by atoms with Crippen LogP contribution in [0.5, 0.6) is 11.5 Å². The number of nitrogens with zero attached hydrogens (tertiary/aromatic N) is 1. The standard InChI is InChI=1S/C11H11NO5/c1-3-4-17-11-6-9(12(14)15)8(7-13)5-10(11)16-2/h3,5-7H,1,4H2,2H3. The van der Waals surface area contributed by atoms with Gasteiger partial charge in [-0.15, -0.1) is 0 Å². The van der Waals surface area contributed by atoms with Crippen molar-refractivity contribution in [2.75, 3.05) is 13.7 Å². The lowest BCUT2D eigenvalue weighted by Crippen LogP contribution is -2.00. The topological polar surface area (TPSA) is 78.7 Å². The largest absolute Gasteiger partial charge is 0.493 e. The molecule has 0 radical (unpaired) electrons. The number of benzene rings is 1. The van der Waals surface area contributed by atoms with E-state index in [0.29, 0.717) is 6.29 Å². The van der Waals surface area contributed by atoms with Crippen molar-refractivity contribution >= 4 is 12.0 Å². The smallest absolute Gasteiger partial charge is 0.283 e. The Hall–Kier alpha value is -2.37. The molecule has 0 fully saturated rings. The first-order valence-corrected chi connectivity index (χ1v) is 4.69. The molecule has 0 N–H and O–H groups in total. The fourth-order valence-electron chi connectivity index (χ4n) is 1.24. The molecule has 6 nitrogen and oxygen atoms in total. The summed E-state index contributed by atoms with van der Waals surface area (Å²) in [6, 6.07) is 2.43. The van der Waals surface area contributed by atoms with Gasteiger partial charge in [0, 0.05) is 6.07 Å². The van der Waals surface area contributed by atoms with Crippen LogP contribution in [-0.2, 0) is 0 Å². The number of hydrogen-bond donors (Lipinski definition) is 0. The highest BCUT2D eigenvalue weighted by Crippen LogP contribution is 2.33. The molecule has 0 aliphatic carbocycles. The quantitative estimate of drug-likeness (QED) is 0.327. The molecule has 0 heterocycles. The van der Waals surface area contributed by atoms with Crippen molar-refractivity contribution < 1.29 is 19.2 Å². The van der Waals surface area contributed by atoms with Crippen LogP contribution in [0.2, 0.25) is 0 Å². The molecule has 0 saturated heterocycles. The third-order valence-electron chi connectivity index (χ3n) is 1.99. The van der Waals surface area contributed by atoms with Crippen molar-refractivity contribution in [3.8, 4) is 11.5 Å². The van der Waals surface area contributed by atoms with Crippen molar-refractivity contribution in [3.63, 3.8) is 0 Å². The SMILES string of the molecule is C=CCOc1cc([N+](=O)[O-])c(C=O)cc1OC. The van der Waals surface area contributed by atoms with Gasteiger partial charge in [0.05, 0.1) is 23.7 Å². The van der Waals surface area contributed by atoms with E-state index < -0.39 is 4.92 Å². The number of ether oxygens (including phenoxy) is 2. The molecule has 6 heteroatoms. The number of nitro benzene ring substituents is 1. The van der Waals surface area contributed by atoms with Gasteiger partial charge in [-0.05, 0) is 0 Å². The third-order valence-corrected chi connectivity index (χ3v) is 1.99. The van der Waals surface area contributed by atoms with Gasteiger partial charge in [0.2, 0.25) is 0 Å². The van der Waals surface area contributed by atoms with Gasteiger partial charge in [0.25, 0.3) is 5.69 Å². The summed E-state index contributed by atoms with van der Waals surface area (Å²) in [4.78, 5) is 20.8. The lowest BCUT2D eigenvalue weighted by molar-refractivity contribution is -0.385. The highest BCUT2D eigenvalue weighted by atomic mass is 16.6. The second kappa shape index (κ2) is 5.64. The summed E-state index contributed by atoms with van der Waals surface area (Å²) in [6.45, 7) is 3.66. The first-order chi connectivity index (χ1) is 8.13. The molecular weight excluding hydrogens is 226 g/mol. The summed E-state index contributed by atoms with van der Waals surface area (Å²) in [5.74, 6) is 0.462. The molecule has 0 aliphatic rings. The van der Waals surface area contributed by atoms with Crippen molar-refractivity contribution in [1.29, 1.82) is 0 Å². The minimum atomic E-state index is -0.649. The van der Waals surface area contributed by atoms with Crippen LogP contribution in [-0.4, -0.2) is 24.9 Å². The van der Waals surface area contributed by atoms with E-state index in [9.17, 15) is 14.9 Å². The highest BCUT2D eigenvalue weighted by Gasteiger charge is 2.19. The molecule has 0 unspecified atom stereocenters. The molecular formula is C11H11NO5. The van der Waals surface area contributed by atoms with Gasteiger partial charge >= 0.3 is 0 Å². The second-order valence-corrected chi connectivity index (χ2v) is 3.04. The fourth-order valence-corrected chi connectivity index (χ4v) is 1.24. The summed E-state index contributed by atoms with van der Waals surface area (Å²) in [7, 11) is 1.39. The number of carbonyl (C=O) groups excluding carboxylic acids is 1. The maximum atomic E-state index is 10.7. The maximum Gasteiger partial charge on any atom is 0.283 e. The predicted molar refractivity (Wildman–Crippen MR) is 60.7 cm³/mol. The summed E-state index contributed by atoms with van der Waals surface area (Å²) in [5.41, 5.74) is -0.377. The van der Waals surface area contributed by atoms with Gasteiger partial charge in [-0.1, -0.05) is 12.7 Å². The molecule has 0 bridgehead atoms. The predicted octanol–water partition coefficient (Wildman–Crippen LogP) is 1.98. The van der Waals surface area contributed by atoms with E-state index in [0.717, 1.165) is 6.07 Å². The van der Waals surface area contributed by atoms with Crippen LogP contribution >= 0.6 is 0 Å². The first kappa shape index (κ1) is 12.7. The molecule has 0 amide bonds. The molecule has 90 valence electrons. The Morgan fingerprint density at radius 2 is 2.18 bits per heavy atom. The van der Waals surface area contributed by atoms with Gasteiger partial charge in [-0.2, -0.15) is 0 Å². The average Bonchev–Trinajstić information content (AvgIpc) is 2.34. The van der Waals surface area contributed by atoms with E-state index in [1.54, 1.807) is 0 Å². The maximum absolute atomic E-state index is 10.7. The Labute approximate surface area is 97.6 Å². The summed E-state index contributed by atoms with van der Waals surface area (Å²) in [6.07, 6.45) is 1.90. The zero-order valence-corrected chi connectivity index (χ0v) is 9.21. The number of hydrogen-bond acceptors (Lipinski definition) is 5. The van der Waals surface area contributed by atoms with Gasteiger partial charge < -0.3 is 9.47 Å². The van der Waals surface area contributed by atoms with Crippen molar-refractivity contribution in [2.24, 2.45) is 0 Å². The zero-order valence-electron chi connectivity index (χ0n) is 9.21. The number of methoxy groups -OCH3 is 1. The van der Waals surface area contributed by atoms with E-state index >= 15 is 0 Å². The number of aldehydes is 1. The van der Waals surface area contributed by atoms with Crippen LogP contribution in [0.15, 0.2) is 24.8 Å². The third kappa shape index (κ3) is 2.81. The lowest BCUT2D eigenvalue weighted by atomic mass is 10.1. The van der Waals surface area contributed by atoms with Crippen molar-refractivity contribution in [3.05, 3.63) is 40.5 Å². The normalized spacial score (nSPS) is 9.47. The Kier molecular flexibility index (Phi) is 4.21. The molecule has 0 aliphatic heterocycles. The van der Waals surface area contributed by atoms with Crippen molar-refractivity contribution in [2.45, 2.75) is 0 Å². The number of nitro groups is 1. The van der Waals surface area contributed by atoms with E-state index in [-0.39, 0.29) is 29.4 Å². The Morgan fingerprint density at radius 3 is 2.65 bits per heavy atom. The Morgan fingerprint density at radius 1 is 1.47 bits per heavy atom. The molecule has 17 heavy (non-hydrogen) atoms. The molecule has 0 aromatic heterocycles. The average molecular weight is 237 g/mol. The van der Waals surface area contributed by atoms with Crippen LogP contribution in [0.3, 0.4) is 0 Å². The van der Waals surface area contributed by atoms with Gasteiger partial charge in [-0.3, -0.25) is 14.9 Å². The van der Waals surface area contributed by atoms with E-state index in [1.807, 2.05) is 0 Å². The van der Waals surface area contributed by atoms with Crippen LogP contribution in [0.1, 0.15) is 10.4 Å². The lowest BCUT2D eigenvalue weighted by Gasteiger charge is -2.09. The first-order valence-electron chi connectivity index (χ1n) is 4.69. The van der Waals surface area contributed by atoms with Gasteiger partial charge in [0.1, 0.15) is 6.61 Å². The highest BCUT2D eigenvalue weighted by molar-refractivity contribution is 5.83. The molecule has 0 saturated carbocycles.